The molecule has 0 radical (unpaired) electrons. The van der Waals surface area contributed by atoms with Crippen LogP contribution in [0.1, 0.15) is 38.0 Å². The number of carbonyl (C=O) groups excluding carboxylic acids is 1. The van der Waals surface area contributed by atoms with E-state index in [9.17, 15) is 9.90 Å². The summed E-state index contributed by atoms with van der Waals surface area (Å²) in [5.74, 6) is 0.383. The number of rotatable bonds is 5. The van der Waals surface area contributed by atoms with E-state index in [0.717, 1.165) is 5.56 Å². The van der Waals surface area contributed by atoms with Crippen molar-refractivity contribution in [3.63, 3.8) is 0 Å². The molecule has 0 spiro atoms. The molecule has 3 nitrogen and oxygen atoms in total. The summed E-state index contributed by atoms with van der Waals surface area (Å²) < 4.78 is 0. The zero-order valence-corrected chi connectivity index (χ0v) is 12.9. The molecule has 0 aromatic heterocycles. The summed E-state index contributed by atoms with van der Waals surface area (Å²) in [6.07, 6.45) is 1.22. The molecule has 0 saturated carbocycles. The number of nitrogens with one attached hydrogen (secondary N) is 1. The molecule has 1 atom stereocenters. The lowest BCUT2D eigenvalue weighted by atomic mass is 9.86. The van der Waals surface area contributed by atoms with Gasteiger partial charge in [-0.2, -0.15) is 11.8 Å². The van der Waals surface area contributed by atoms with Gasteiger partial charge in [0.15, 0.2) is 0 Å². The van der Waals surface area contributed by atoms with Gasteiger partial charge in [-0.3, -0.25) is 4.79 Å². The maximum atomic E-state index is 11.3. The van der Waals surface area contributed by atoms with Gasteiger partial charge in [-0.15, -0.1) is 0 Å². The number of amides is 1. The number of aliphatic hydroxyl groups is 1. The predicted molar refractivity (Wildman–Crippen MR) is 81.5 cm³/mol. The molecule has 1 amide bonds. The van der Waals surface area contributed by atoms with Crippen molar-refractivity contribution in [1.82, 2.24) is 5.32 Å². The first-order chi connectivity index (χ1) is 8.84. The minimum atomic E-state index is -0.653. The van der Waals surface area contributed by atoms with Crippen molar-refractivity contribution < 1.29 is 9.90 Å². The van der Waals surface area contributed by atoms with Crippen molar-refractivity contribution in [2.75, 3.05) is 18.6 Å². The molecule has 1 aromatic carbocycles. The molecule has 1 aromatic rings. The summed E-state index contributed by atoms with van der Waals surface area (Å²) in [7, 11) is 0. The van der Waals surface area contributed by atoms with E-state index in [4.69, 9.17) is 0 Å². The van der Waals surface area contributed by atoms with Crippen LogP contribution in [0.15, 0.2) is 24.3 Å². The van der Waals surface area contributed by atoms with Crippen LogP contribution in [-0.2, 0) is 10.2 Å². The molecule has 1 unspecified atom stereocenters. The third-order valence-electron chi connectivity index (χ3n) is 2.93. The fourth-order valence-corrected chi connectivity index (χ4v) is 2.08. The lowest BCUT2D eigenvalue weighted by molar-refractivity contribution is -0.119. The summed E-state index contributed by atoms with van der Waals surface area (Å²) in [6, 6.07) is 7.91. The Morgan fingerprint density at radius 1 is 1.32 bits per heavy atom. The first-order valence-electron chi connectivity index (χ1n) is 6.38. The Bertz CT molecular complexity index is 409. The molecule has 0 aliphatic rings. The topological polar surface area (TPSA) is 49.3 Å². The van der Waals surface area contributed by atoms with Crippen molar-refractivity contribution in [3.8, 4) is 0 Å². The average molecular weight is 281 g/mol. The van der Waals surface area contributed by atoms with Gasteiger partial charge in [0, 0.05) is 6.54 Å². The number of benzene rings is 1. The van der Waals surface area contributed by atoms with E-state index in [2.05, 4.69) is 26.1 Å². The van der Waals surface area contributed by atoms with E-state index in [1.807, 2.05) is 30.5 Å². The zero-order chi connectivity index (χ0) is 14.5. The molecule has 0 heterocycles. The molecule has 106 valence electrons. The zero-order valence-electron chi connectivity index (χ0n) is 12.1. The van der Waals surface area contributed by atoms with E-state index in [1.165, 1.54) is 17.3 Å². The van der Waals surface area contributed by atoms with E-state index < -0.39 is 6.10 Å². The largest absolute Gasteiger partial charge is 0.387 e. The summed E-state index contributed by atoms with van der Waals surface area (Å²) in [5, 5.41) is 12.7. The maximum Gasteiger partial charge on any atom is 0.230 e. The van der Waals surface area contributed by atoms with Gasteiger partial charge in [-0.25, -0.2) is 0 Å². The summed E-state index contributed by atoms with van der Waals surface area (Å²) in [4.78, 5) is 11.3. The molecule has 0 bridgehead atoms. The Balaban J connectivity index is 2.58. The van der Waals surface area contributed by atoms with Crippen molar-refractivity contribution in [2.24, 2.45) is 0 Å². The molecule has 19 heavy (non-hydrogen) atoms. The second kappa shape index (κ2) is 6.96. The van der Waals surface area contributed by atoms with Crippen LogP contribution >= 0.6 is 11.8 Å². The van der Waals surface area contributed by atoms with Gasteiger partial charge in [-0.05, 0) is 22.8 Å². The molecule has 0 aliphatic heterocycles. The third-order valence-corrected chi connectivity index (χ3v) is 3.48. The Morgan fingerprint density at radius 3 is 2.37 bits per heavy atom. The van der Waals surface area contributed by atoms with Gasteiger partial charge < -0.3 is 10.4 Å². The van der Waals surface area contributed by atoms with E-state index >= 15 is 0 Å². The van der Waals surface area contributed by atoms with Gasteiger partial charge in [0.25, 0.3) is 0 Å². The Kier molecular flexibility index (Phi) is 5.88. The van der Waals surface area contributed by atoms with Crippen molar-refractivity contribution in [3.05, 3.63) is 35.4 Å². The van der Waals surface area contributed by atoms with Gasteiger partial charge in [0.2, 0.25) is 5.91 Å². The number of aliphatic hydroxyl groups excluding tert-OH is 1. The average Bonchev–Trinajstić information content (AvgIpc) is 2.35. The highest BCUT2D eigenvalue weighted by molar-refractivity contribution is 7.99. The SMILES string of the molecule is CSCC(=O)NCC(O)c1ccc(C(C)(C)C)cc1. The molecule has 1 rings (SSSR count). The second-order valence-electron chi connectivity index (χ2n) is 5.62. The Hall–Kier alpha value is -1.00. The normalized spacial score (nSPS) is 13.1. The lowest BCUT2D eigenvalue weighted by Gasteiger charge is -2.20. The fourth-order valence-electron chi connectivity index (χ4n) is 1.72. The van der Waals surface area contributed by atoms with Crippen molar-refractivity contribution in [2.45, 2.75) is 32.3 Å². The molecule has 0 saturated heterocycles. The first-order valence-corrected chi connectivity index (χ1v) is 7.78. The quantitative estimate of drug-likeness (QED) is 0.872. The standard InChI is InChI=1S/C15H23NO2S/c1-15(2,3)12-7-5-11(6-8-12)13(17)9-16-14(18)10-19-4/h5-8,13,17H,9-10H2,1-4H3,(H,16,18). The monoisotopic (exact) mass is 281 g/mol. The minimum Gasteiger partial charge on any atom is -0.387 e. The smallest absolute Gasteiger partial charge is 0.230 e. The molecule has 4 heteroatoms. The summed E-state index contributed by atoms with van der Waals surface area (Å²) in [6.45, 7) is 6.72. The molecule has 0 fully saturated rings. The van der Waals surface area contributed by atoms with Crippen LogP contribution in [0, 0.1) is 0 Å². The molecule has 0 aliphatic carbocycles. The van der Waals surface area contributed by atoms with E-state index in [-0.39, 0.29) is 17.9 Å². The number of hydrogen-bond acceptors (Lipinski definition) is 3. The van der Waals surface area contributed by atoms with Crippen molar-refractivity contribution >= 4 is 17.7 Å². The van der Waals surface area contributed by atoms with Crippen LogP contribution in [0.4, 0.5) is 0 Å². The highest BCUT2D eigenvalue weighted by atomic mass is 32.2. The summed E-state index contributed by atoms with van der Waals surface area (Å²) >= 11 is 1.47. The molecular weight excluding hydrogens is 258 g/mol. The van der Waals surface area contributed by atoms with Crippen LogP contribution in [-0.4, -0.2) is 29.6 Å². The number of hydrogen-bond donors (Lipinski definition) is 2. The van der Waals surface area contributed by atoms with Crippen molar-refractivity contribution in [1.29, 1.82) is 0 Å². The summed E-state index contributed by atoms with van der Waals surface area (Å²) in [5.41, 5.74) is 2.17. The Labute approximate surface area is 119 Å². The second-order valence-corrected chi connectivity index (χ2v) is 6.49. The first kappa shape index (κ1) is 16.1. The number of carbonyl (C=O) groups is 1. The van der Waals surface area contributed by atoms with Crippen LogP contribution in [0.2, 0.25) is 0 Å². The van der Waals surface area contributed by atoms with E-state index in [1.54, 1.807) is 0 Å². The van der Waals surface area contributed by atoms with Gasteiger partial charge in [0.05, 0.1) is 11.9 Å². The van der Waals surface area contributed by atoms with Gasteiger partial charge >= 0.3 is 0 Å². The molecule has 2 N–H and O–H groups in total. The van der Waals surface area contributed by atoms with Gasteiger partial charge in [0.1, 0.15) is 0 Å². The Morgan fingerprint density at radius 2 is 1.89 bits per heavy atom. The molecular formula is C15H23NO2S. The van der Waals surface area contributed by atoms with Crippen LogP contribution in [0.5, 0.6) is 0 Å². The van der Waals surface area contributed by atoms with Crippen LogP contribution in [0.25, 0.3) is 0 Å². The third kappa shape index (κ3) is 5.25. The minimum absolute atomic E-state index is 0.0436. The fraction of sp³-hybridized carbons (Fsp3) is 0.533. The van der Waals surface area contributed by atoms with Gasteiger partial charge in [-0.1, -0.05) is 45.0 Å². The van der Waals surface area contributed by atoms with Crippen LogP contribution < -0.4 is 5.32 Å². The van der Waals surface area contributed by atoms with Crippen LogP contribution in [0.3, 0.4) is 0 Å². The number of thioether (sulfide) groups is 1. The highest BCUT2D eigenvalue weighted by Crippen LogP contribution is 2.23. The highest BCUT2D eigenvalue weighted by Gasteiger charge is 2.14. The van der Waals surface area contributed by atoms with E-state index in [0.29, 0.717) is 5.75 Å². The predicted octanol–water partition coefficient (Wildman–Crippen LogP) is 2.50. The lowest BCUT2D eigenvalue weighted by Crippen LogP contribution is -2.29. The maximum absolute atomic E-state index is 11.3.